The quantitative estimate of drug-likeness (QED) is 0.674. The molecule has 0 saturated carbocycles. The van der Waals surface area contributed by atoms with E-state index in [0.717, 1.165) is 11.6 Å². The predicted octanol–water partition coefficient (Wildman–Crippen LogP) is 4.68. The zero-order valence-corrected chi connectivity index (χ0v) is 9.25. The van der Waals surface area contributed by atoms with Gasteiger partial charge < -0.3 is 0 Å². The van der Waals surface area contributed by atoms with Crippen molar-refractivity contribution in [3.63, 3.8) is 0 Å². The van der Waals surface area contributed by atoms with E-state index in [4.69, 9.17) is 0 Å². The Kier molecular flexibility index (Phi) is 2.92. The summed E-state index contributed by atoms with van der Waals surface area (Å²) in [4.78, 5) is 0. The van der Waals surface area contributed by atoms with Crippen LogP contribution in [0.1, 0.15) is 11.1 Å². The van der Waals surface area contributed by atoms with Crippen LogP contribution in [-0.2, 0) is 6.18 Å². The molecule has 0 fully saturated rings. The van der Waals surface area contributed by atoms with Gasteiger partial charge in [-0.25, -0.2) is 0 Å². The first-order valence-corrected chi connectivity index (χ1v) is 5.22. The molecule has 0 aliphatic heterocycles. The lowest BCUT2D eigenvalue weighted by Crippen LogP contribution is -2.07. The topological polar surface area (TPSA) is 0 Å². The van der Waals surface area contributed by atoms with Gasteiger partial charge in [-0.2, -0.15) is 13.2 Å². The van der Waals surface area contributed by atoms with Gasteiger partial charge >= 0.3 is 6.18 Å². The van der Waals surface area contributed by atoms with Crippen LogP contribution in [0.25, 0.3) is 11.1 Å². The van der Waals surface area contributed by atoms with Crippen molar-refractivity contribution >= 4 is 0 Å². The van der Waals surface area contributed by atoms with Crippen molar-refractivity contribution in [2.75, 3.05) is 0 Å². The van der Waals surface area contributed by atoms with Gasteiger partial charge in [0.15, 0.2) is 0 Å². The van der Waals surface area contributed by atoms with E-state index in [1.807, 2.05) is 30.3 Å². The van der Waals surface area contributed by atoms with Crippen molar-refractivity contribution in [3.8, 4) is 11.1 Å². The third kappa shape index (κ3) is 2.33. The lowest BCUT2D eigenvalue weighted by molar-refractivity contribution is -0.138. The minimum Gasteiger partial charge on any atom is -0.166 e. The summed E-state index contributed by atoms with van der Waals surface area (Å²) in [6, 6.07) is 13.3. The van der Waals surface area contributed by atoms with Crippen molar-refractivity contribution < 1.29 is 13.2 Å². The molecule has 88 valence electrons. The summed E-state index contributed by atoms with van der Waals surface area (Å²) in [6.07, 6.45) is -4.30. The second-order valence-corrected chi connectivity index (χ2v) is 3.84. The van der Waals surface area contributed by atoms with Crippen LogP contribution in [0.2, 0.25) is 0 Å². The summed E-state index contributed by atoms with van der Waals surface area (Å²) in [5.74, 6) is 0. The summed E-state index contributed by atoms with van der Waals surface area (Å²) < 4.78 is 38.2. The molecular weight excluding hydrogens is 225 g/mol. The number of rotatable bonds is 1. The summed E-state index contributed by atoms with van der Waals surface area (Å²) >= 11 is 0. The third-order valence-electron chi connectivity index (χ3n) is 2.72. The van der Waals surface area contributed by atoms with Crippen LogP contribution in [0.15, 0.2) is 48.5 Å². The summed E-state index contributed by atoms with van der Waals surface area (Å²) in [6.45, 7) is 1.51. The van der Waals surface area contributed by atoms with Crippen molar-refractivity contribution in [2.45, 2.75) is 13.1 Å². The van der Waals surface area contributed by atoms with E-state index < -0.39 is 11.7 Å². The van der Waals surface area contributed by atoms with Gasteiger partial charge in [-0.1, -0.05) is 42.5 Å². The Hall–Kier alpha value is -1.77. The maximum atomic E-state index is 12.7. The maximum Gasteiger partial charge on any atom is 0.416 e. The molecule has 0 saturated heterocycles. The van der Waals surface area contributed by atoms with Crippen LogP contribution in [0.3, 0.4) is 0 Å². The van der Waals surface area contributed by atoms with Crippen molar-refractivity contribution in [2.24, 2.45) is 0 Å². The monoisotopic (exact) mass is 236 g/mol. The van der Waals surface area contributed by atoms with Gasteiger partial charge in [-0.15, -0.1) is 0 Å². The van der Waals surface area contributed by atoms with Crippen LogP contribution in [0.4, 0.5) is 13.2 Å². The molecule has 2 rings (SSSR count). The van der Waals surface area contributed by atoms with Gasteiger partial charge in [0.1, 0.15) is 0 Å². The van der Waals surface area contributed by atoms with Crippen molar-refractivity contribution in [1.29, 1.82) is 0 Å². The average molecular weight is 236 g/mol. The van der Waals surface area contributed by atoms with E-state index in [0.29, 0.717) is 5.56 Å². The Labute approximate surface area is 97.7 Å². The van der Waals surface area contributed by atoms with Crippen LogP contribution >= 0.6 is 0 Å². The zero-order valence-electron chi connectivity index (χ0n) is 9.25. The van der Waals surface area contributed by atoms with E-state index in [1.54, 1.807) is 6.07 Å². The molecule has 2 aromatic rings. The highest BCUT2D eigenvalue weighted by atomic mass is 19.4. The normalized spacial score (nSPS) is 11.5. The third-order valence-corrected chi connectivity index (χ3v) is 2.72. The molecule has 0 spiro atoms. The summed E-state index contributed by atoms with van der Waals surface area (Å²) in [5, 5.41) is 0. The van der Waals surface area contributed by atoms with E-state index in [1.165, 1.54) is 13.0 Å². The van der Waals surface area contributed by atoms with Gasteiger partial charge in [-0.05, 0) is 29.7 Å². The number of hydrogen-bond donors (Lipinski definition) is 0. The molecule has 2 aromatic carbocycles. The minimum atomic E-state index is -4.30. The highest BCUT2D eigenvalue weighted by molar-refractivity contribution is 5.68. The van der Waals surface area contributed by atoms with E-state index in [2.05, 4.69) is 0 Å². The minimum absolute atomic E-state index is 0.270. The van der Waals surface area contributed by atoms with Gasteiger partial charge in [-0.3, -0.25) is 0 Å². The van der Waals surface area contributed by atoms with Gasteiger partial charge in [0.05, 0.1) is 5.56 Å². The van der Waals surface area contributed by atoms with Crippen molar-refractivity contribution in [1.82, 2.24) is 0 Å². The van der Waals surface area contributed by atoms with E-state index in [-0.39, 0.29) is 5.56 Å². The molecule has 0 aliphatic rings. The molecular formula is C14H11F3. The smallest absolute Gasteiger partial charge is 0.166 e. The largest absolute Gasteiger partial charge is 0.416 e. The van der Waals surface area contributed by atoms with Gasteiger partial charge in [0.25, 0.3) is 0 Å². The molecule has 0 N–H and O–H groups in total. The standard InChI is InChI=1S/C14H11F3/c1-10-12(11-6-3-2-4-7-11)8-5-9-13(10)14(15,16)17/h2-9H,1H3. The van der Waals surface area contributed by atoms with Gasteiger partial charge in [0.2, 0.25) is 0 Å². The highest BCUT2D eigenvalue weighted by Crippen LogP contribution is 2.35. The predicted molar refractivity (Wildman–Crippen MR) is 61.6 cm³/mol. The van der Waals surface area contributed by atoms with E-state index in [9.17, 15) is 13.2 Å². The lowest BCUT2D eigenvalue weighted by atomic mass is 9.96. The molecule has 0 nitrogen and oxygen atoms in total. The Balaban J connectivity index is 2.58. The molecule has 0 aromatic heterocycles. The Morgan fingerprint density at radius 3 is 2.06 bits per heavy atom. The first kappa shape index (κ1) is 11.7. The van der Waals surface area contributed by atoms with Crippen LogP contribution in [0.5, 0.6) is 0 Å². The summed E-state index contributed by atoms with van der Waals surface area (Å²) in [5.41, 5.74) is 1.13. The number of halogens is 3. The fourth-order valence-corrected chi connectivity index (χ4v) is 1.87. The second-order valence-electron chi connectivity index (χ2n) is 3.84. The molecule has 0 aliphatic carbocycles. The first-order chi connectivity index (χ1) is 8.00. The highest BCUT2D eigenvalue weighted by Gasteiger charge is 2.32. The second kappa shape index (κ2) is 4.24. The fraction of sp³-hybridized carbons (Fsp3) is 0.143. The molecule has 17 heavy (non-hydrogen) atoms. The molecule has 0 heterocycles. The van der Waals surface area contributed by atoms with E-state index >= 15 is 0 Å². The molecule has 3 heteroatoms. The first-order valence-electron chi connectivity index (χ1n) is 5.22. The van der Waals surface area contributed by atoms with Crippen molar-refractivity contribution in [3.05, 3.63) is 59.7 Å². The van der Waals surface area contributed by atoms with Crippen LogP contribution in [0, 0.1) is 6.92 Å². The van der Waals surface area contributed by atoms with Gasteiger partial charge in [0, 0.05) is 0 Å². The van der Waals surface area contributed by atoms with Crippen LogP contribution < -0.4 is 0 Å². The lowest BCUT2D eigenvalue weighted by Gasteiger charge is -2.13. The molecule has 0 atom stereocenters. The van der Waals surface area contributed by atoms with Crippen LogP contribution in [-0.4, -0.2) is 0 Å². The number of benzene rings is 2. The SMILES string of the molecule is Cc1c(-c2ccccc2)cccc1C(F)(F)F. The Morgan fingerprint density at radius 2 is 1.47 bits per heavy atom. The summed E-state index contributed by atoms with van der Waals surface area (Å²) in [7, 11) is 0. The molecule has 0 radical (unpaired) electrons. The number of hydrogen-bond acceptors (Lipinski definition) is 0. The average Bonchev–Trinajstić information content (AvgIpc) is 2.29. The maximum absolute atomic E-state index is 12.7. The molecule has 0 amide bonds. The Morgan fingerprint density at radius 1 is 0.824 bits per heavy atom. The zero-order chi connectivity index (χ0) is 12.5. The molecule has 0 unspecified atom stereocenters. The number of alkyl halides is 3. The molecule has 0 bridgehead atoms. The Bertz CT molecular complexity index is 513. The fourth-order valence-electron chi connectivity index (χ4n) is 1.87.